The van der Waals surface area contributed by atoms with Crippen molar-refractivity contribution in [2.45, 2.75) is 25.4 Å². The second-order valence-electron chi connectivity index (χ2n) is 5.20. The molecule has 0 spiro atoms. The normalized spacial score (nSPS) is 21.1. The van der Waals surface area contributed by atoms with E-state index in [1.165, 1.54) is 6.07 Å². The first kappa shape index (κ1) is 15.7. The molecule has 1 aliphatic rings. The van der Waals surface area contributed by atoms with E-state index >= 15 is 0 Å². The fourth-order valence-electron chi connectivity index (χ4n) is 2.49. The summed E-state index contributed by atoms with van der Waals surface area (Å²) in [4.78, 5) is 2.05. The van der Waals surface area contributed by atoms with E-state index < -0.39 is 10.0 Å². The minimum Gasteiger partial charge on any atom is -0.297 e. The largest absolute Gasteiger partial charge is 0.297 e. The molecular formula is C13H18ClFN2O2S. The molecule has 0 saturated carbocycles. The van der Waals surface area contributed by atoms with Crippen LogP contribution in [0.1, 0.15) is 18.4 Å². The second kappa shape index (κ2) is 6.39. The number of rotatable bonds is 4. The summed E-state index contributed by atoms with van der Waals surface area (Å²) in [5.41, 5.74) is 0.578. The number of nitrogens with zero attached hydrogens (tertiary/aromatic N) is 1. The number of likely N-dealkylation sites (tertiary alicyclic amines) is 1. The monoisotopic (exact) mass is 320 g/mol. The van der Waals surface area contributed by atoms with Crippen molar-refractivity contribution >= 4 is 21.6 Å². The van der Waals surface area contributed by atoms with Crippen LogP contribution >= 0.6 is 11.6 Å². The molecular weight excluding hydrogens is 303 g/mol. The summed E-state index contributed by atoms with van der Waals surface area (Å²) in [5, 5.41) is 0.376. The van der Waals surface area contributed by atoms with Gasteiger partial charge in [0.1, 0.15) is 5.82 Å². The van der Waals surface area contributed by atoms with Gasteiger partial charge >= 0.3 is 0 Å². The molecule has 1 aromatic rings. The van der Waals surface area contributed by atoms with Gasteiger partial charge in [-0.25, -0.2) is 17.5 Å². The van der Waals surface area contributed by atoms with Crippen LogP contribution in [0.2, 0.25) is 5.02 Å². The van der Waals surface area contributed by atoms with Crippen molar-refractivity contribution in [1.29, 1.82) is 0 Å². The lowest BCUT2D eigenvalue weighted by Gasteiger charge is -2.32. The first-order valence-corrected chi connectivity index (χ1v) is 8.74. The van der Waals surface area contributed by atoms with Crippen molar-refractivity contribution in [1.82, 2.24) is 9.62 Å². The van der Waals surface area contributed by atoms with Gasteiger partial charge in [-0.1, -0.05) is 17.7 Å². The van der Waals surface area contributed by atoms with E-state index in [1.54, 1.807) is 12.1 Å². The molecule has 4 nitrogen and oxygen atoms in total. The fourth-order valence-corrected chi connectivity index (χ4v) is 3.45. The van der Waals surface area contributed by atoms with Crippen LogP contribution in [-0.2, 0) is 16.6 Å². The van der Waals surface area contributed by atoms with Crippen molar-refractivity contribution < 1.29 is 12.8 Å². The van der Waals surface area contributed by atoms with Crippen LogP contribution in [0.4, 0.5) is 4.39 Å². The fraction of sp³-hybridized carbons (Fsp3) is 0.538. The average molecular weight is 321 g/mol. The Kier molecular flexibility index (Phi) is 5.01. The molecule has 20 heavy (non-hydrogen) atoms. The molecule has 1 aromatic carbocycles. The number of nitrogens with one attached hydrogen (secondary N) is 1. The zero-order valence-corrected chi connectivity index (χ0v) is 12.8. The molecule has 1 aliphatic heterocycles. The van der Waals surface area contributed by atoms with E-state index in [2.05, 4.69) is 9.62 Å². The molecule has 0 bridgehead atoms. The summed E-state index contributed by atoms with van der Waals surface area (Å²) in [6.45, 7) is 1.89. The van der Waals surface area contributed by atoms with E-state index in [1.807, 2.05) is 0 Å². The molecule has 0 unspecified atom stereocenters. The third-order valence-electron chi connectivity index (χ3n) is 3.30. The standard InChI is InChI=1S/C13H18ClFN2O2S/c1-20(18,19)16-12-3-2-6-17(9-12)8-10-4-5-11(14)7-13(10)15/h4-5,7,12,16H,2-3,6,8-9H2,1H3/t12-/m1/s1. The highest BCUT2D eigenvalue weighted by Crippen LogP contribution is 2.19. The Morgan fingerprint density at radius 1 is 1.50 bits per heavy atom. The van der Waals surface area contributed by atoms with Crippen molar-refractivity contribution in [3.63, 3.8) is 0 Å². The highest BCUT2D eigenvalue weighted by molar-refractivity contribution is 7.88. The molecule has 7 heteroatoms. The molecule has 1 heterocycles. The number of benzene rings is 1. The maximum Gasteiger partial charge on any atom is 0.208 e. The van der Waals surface area contributed by atoms with Crippen LogP contribution in [0.3, 0.4) is 0 Å². The van der Waals surface area contributed by atoms with Gasteiger partial charge < -0.3 is 0 Å². The van der Waals surface area contributed by atoms with Gasteiger partial charge in [0, 0.05) is 29.7 Å². The van der Waals surface area contributed by atoms with Crippen molar-refractivity contribution in [3.05, 3.63) is 34.6 Å². The Bertz CT molecular complexity index is 580. The van der Waals surface area contributed by atoms with Crippen molar-refractivity contribution in [3.8, 4) is 0 Å². The van der Waals surface area contributed by atoms with E-state index in [9.17, 15) is 12.8 Å². The molecule has 1 saturated heterocycles. The third-order valence-corrected chi connectivity index (χ3v) is 4.29. The first-order valence-electron chi connectivity index (χ1n) is 6.47. The predicted octanol–water partition coefficient (Wildman–Crippen LogP) is 1.99. The van der Waals surface area contributed by atoms with Crippen LogP contribution < -0.4 is 4.72 Å². The Morgan fingerprint density at radius 3 is 2.90 bits per heavy atom. The quantitative estimate of drug-likeness (QED) is 0.923. The van der Waals surface area contributed by atoms with Gasteiger partial charge in [-0.3, -0.25) is 4.90 Å². The maximum absolute atomic E-state index is 13.8. The number of piperidine rings is 1. The van der Waals surface area contributed by atoms with E-state index in [0.717, 1.165) is 25.6 Å². The number of hydrogen-bond acceptors (Lipinski definition) is 3. The molecule has 0 aliphatic carbocycles. The second-order valence-corrected chi connectivity index (χ2v) is 7.42. The van der Waals surface area contributed by atoms with Gasteiger partial charge in [0.05, 0.1) is 6.26 Å². The third kappa shape index (κ3) is 4.70. The minimum absolute atomic E-state index is 0.103. The van der Waals surface area contributed by atoms with Gasteiger partial charge in [0.25, 0.3) is 0 Å². The Balaban J connectivity index is 1.99. The summed E-state index contributed by atoms with van der Waals surface area (Å²) in [6, 6.07) is 4.53. The SMILES string of the molecule is CS(=O)(=O)N[C@@H]1CCCN(Cc2ccc(Cl)cc2F)C1. The molecule has 2 rings (SSSR count). The maximum atomic E-state index is 13.8. The Morgan fingerprint density at radius 2 is 2.25 bits per heavy atom. The molecule has 1 atom stereocenters. The Hall–Kier alpha value is -0.690. The molecule has 112 valence electrons. The van der Waals surface area contributed by atoms with Crippen molar-refractivity contribution in [2.24, 2.45) is 0 Å². The summed E-state index contributed by atoms with van der Waals surface area (Å²) in [6.07, 6.45) is 2.86. The molecule has 0 amide bonds. The lowest BCUT2D eigenvalue weighted by atomic mass is 10.1. The topological polar surface area (TPSA) is 49.4 Å². The Labute approximate surface area is 124 Å². The van der Waals surface area contributed by atoms with Gasteiger partial charge in [0.2, 0.25) is 10.0 Å². The number of sulfonamides is 1. The van der Waals surface area contributed by atoms with E-state index in [0.29, 0.717) is 23.7 Å². The number of hydrogen-bond donors (Lipinski definition) is 1. The first-order chi connectivity index (χ1) is 9.33. The zero-order chi connectivity index (χ0) is 14.8. The highest BCUT2D eigenvalue weighted by Gasteiger charge is 2.22. The number of halogens is 2. The highest BCUT2D eigenvalue weighted by atomic mass is 35.5. The lowest BCUT2D eigenvalue weighted by molar-refractivity contribution is 0.192. The average Bonchev–Trinajstić information content (AvgIpc) is 2.31. The van der Waals surface area contributed by atoms with E-state index in [4.69, 9.17) is 11.6 Å². The van der Waals surface area contributed by atoms with Gasteiger partial charge in [-0.05, 0) is 31.5 Å². The molecule has 0 radical (unpaired) electrons. The van der Waals surface area contributed by atoms with Gasteiger partial charge in [-0.2, -0.15) is 0 Å². The molecule has 1 fully saturated rings. The molecule has 1 N–H and O–H groups in total. The smallest absolute Gasteiger partial charge is 0.208 e. The summed E-state index contributed by atoms with van der Waals surface area (Å²) >= 11 is 5.73. The van der Waals surface area contributed by atoms with Crippen molar-refractivity contribution in [2.75, 3.05) is 19.3 Å². The van der Waals surface area contributed by atoms with Crippen LogP contribution in [0, 0.1) is 5.82 Å². The molecule has 0 aromatic heterocycles. The summed E-state index contributed by atoms with van der Waals surface area (Å²) < 4.78 is 38.9. The van der Waals surface area contributed by atoms with E-state index in [-0.39, 0.29) is 11.9 Å². The van der Waals surface area contributed by atoms with Gasteiger partial charge in [-0.15, -0.1) is 0 Å². The van der Waals surface area contributed by atoms with Crippen LogP contribution in [-0.4, -0.2) is 38.7 Å². The van der Waals surface area contributed by atoms with Crippen LogP contribution in [0.25, 0.3) is 0 Å². The summed E-state index contributed by atoms with van der Waals surface area (Å²) in [5.74, 6) is -0.323. The predicted molar refractivity (Wildman–Crippen MR) is 77.7 cm³/mol. The minimum atomic E-state index is -3.20. The lowest BCUT2D eigenvalue weighted by Crippen LogP contribution is -2.47. The van der Waals surface area contributed by atoms with Gasteiger partial charge in [0.15, 0.2) is 0 Å². The van der Waals surface area contributed by atoms with Crippen LogP contribution in [0.15, 0.2) is 18.2 Å². The summed E-state index contributed by atoms with van der Waals surface area (Å²) in [7, 11) is -3.20. The van der Waals surface area contributed by atoms with Crippen LogP contribution in [0.5, 0.6) is 0 Å². The zero-order valence-electron chi connectivity index (χ0n) is 11.3.